The highest BCUT2D eigenvalue weighted by Crippen LogP contribution is 2.16. The maximum Gasteiger partial charge on any atom is 0.145 e. The molecule has 78 valence electrons. The molecule has 0 radical (unpaired) electrons. The van der Waals surface area contributed by atoms with Crippen molar-refractivity contribution < 1.29 is 0 Å². The number of halogens is 1. The van der Waals surface area contributed by atoms with Gasteiger partial charge in [-0.05, 0) is 34.5 Å². The number of anilines is 1. The summed E-state index contributed by atoms with van der Waals surface area (Å²) in [7, 11) is 0. The quantitative estimate of drug-likeness (QED) is 0.905. The van der Waals surface area contributed by atoms with E-state index in [1.807, 2.05) is 23.7 Å². The highest BCUT2D eigenvalue weighted by atomic mass is 79.9. The van der Waals surface area contributed by atoms with Crippen LogP contribution in [0.3, 0.4) is 0 Å². The van der Waals surface area contributed by atoms with Gasteiger partial charge >= 0.3 is 0 Å². The summed E-state index contributed by atoms with van der Waals surface area (Å²) in [4.78, 5) is 4.01. The predicted molar refractivity (Wildman–Crippen MR) is 62.4 cm³/mol. The molecular formula is C10H11BrN4. The molecule has 0 aliphatic carbocycles. The van der Waals surface area contributed by atoms with E-state index in [9.17, 15) is 0 Å². The number of hydrogen-bond donors (Lipinski definition) is 1. The molecule has 2 heterocycles. The molecule has 2 N–H and O–H groups in total. The zero-order valence-corrected chi connectivity index (χ0v) is 9.90. The lowest BCUT2D eigenvalue weighted by Gasteiger charge is -2.05. The highest BCUT2D eigenvalue weighted by Gasteiger charge is 2.04. The van der Waals surface area contributed by atoms with Gasteiger partial charge in [-0.2, -0.15) is 5.10 Å². The first-order valence-electron chi connectivity index (χ1n) is 4.55. The van der Waals surface area contributed by atoms with Crippen molar-refractivity contribution in [3.8, 4) is 0 Å². The van der Waals surface area contributed by atoms with Gasteiger partial charge in [0, 0.05) is 28.6 Å². The molecule has 2 rings (SSSR count). The molecule has 0 spiro atoms. The zero-order valence-electron chi connectivity index (χ0n) is 8.31. The van der Waals surface area contributed by atoms with Gasteiger partial charge in [0.25, 0.3) is 0 Å². The number of hydrogen-bond acceptors (Lipinski definition) is 3. The largest absolute Gasteiger partial charge is 0.382 e. The first-order valence-corrected chi connectivity index (χ1v) is 5.34. The molecule has 0 fully saturated rings. The van der Waals surface area contributed by atoms with Gasteiger partial charge < -0.3 is 5.73 Å². The van der Waals surface area contributed by atoms with Gasteiger partial charge in [-0.15, -0.1) is 0 Å². The number of nitrogen functional groups attached to an aromatic ring is 1. The van der Waals surface area contributed by atoms with E-state index in [0.29, 0.717) is 12.4 Å². The molecule has 0 aliphatic rings. The third kappa shape index (κ3) is 2.18. The summed E-state index contributed by atoms with van der Waals surface area (Å²) >= 11 is 3.45. The Morgan fingerprint density at radius 3 is 2.93 bits per heavy atom. The lowest BCUT2D eigenvalue weighted by Crippen LogP contribution is -2.04. The standard InChI is InChI=1S/C10H11BrN4/c1-7-4-10(12)14-15(7)6-8-2-3-13-5-9(8)11/h2-5H,6H2,1H3,(H2,12,14). The fraction of sp³-hybridized carbons (Fsp3) is 0.200. The number of aryl methyl sites for hydroxylation is 1. The highest BCUT2D eigenvalue weighted by molar-refractivity contribution is 9.10. The van der Waals surface area contributed by atoms with Gasteiger partial charge in [-0.3, -0.25) is 9.67 Å². The Morgan fingerprint density at radius 1 is 1.53 bits per heavy atom. The van der Waals surface area contributed by atoms with Crippen molar-refractivity contribution in [2.45, 2.75) is 13.5 Å². The van der Waals surface area contributed by atoms with E-state index in [1.165, 1.54) is 0 Å². The van der Waals surface area contributed by atoms with Crippen LogP contribution in [0.25, 0.3) is 0 Å². The minimum absolute atomic E-state index is 0.553. The molecule has 0 aliphatic heterocycles. The summed E-state index contributed by atoms with van der Waals surface area (Å²) in [5, 5.41) is 4.20. The van der Waals surface area contributed by atoms with E-state index < -0.39 is 0 Å². The maximum absolute atomic E-state index is 5.62. The van der Waals surface area contributed by atoms with Crippen LogP contribution in [0.15, 0.2) is 29.0 Å². The van der Waals surface area contributed by atoms with Crippen molar-refractivity contribution in [1.29, 1.82) is 0 Å². The predicted octanol–water partition coefficient (Wildman–Crippen LogP) is 1.98. The molecule has 0 bridgehead atoms. The molecule has 0 saturated heterocycles. The number of nitrogens with two attached hydrogens (primary N) is 1. The lowest BCUT2D eigenvalue weighted by molar-refractivity contribution is 0.665. The van der Waals surface area contributed by atoms with Gasteiger partial charge in [0.1, 0.15) is 5.82 Å². The minimum Gasteiger partial charge on any atom is -0.382 e. The number of rotatable bonds is 2. The molecule has 0 amide bonds. The molecule has 2 aromatic heterocycles. The SMILES string of the molecule is Cc1cc(N)nn1Cc1ccncc1Br. The first kappa shape index (κ1) is 10.2. The molecule has 0 unspecified atom stereocenters. The van der Waals surface area contributed by atoms with E-state index in [2.05, 4.69) is 26.0 Å². The van der Waals surface area contributed by atoms with Crippen LogP contribution in [0, 0.1) is 6.92 Å². The third-order valence-electron chi connectivity index (χ3n) is 2.18. The third-order valence-corrected chi connectivity index (χ3v) is 2.89. The van der Waals surface area contributed by atoms with Crippen LogP contribution in [-0.4, -0.2) is 14.8 Å². The van der Waals surface area contributed by atoms with Crippen molar-refractivity contribution >= 4 is 21.7 Å². The summed E-state index contributed by atoms with van der Waals surface area (Å²) < 4.78 is 2.86. The average molecular weight is 267 g/mol. The van der Waals surface area contributed by atoms with Crippen LogP contribution in [0.1, 0.15) is 11.3 Å². The molecule has 4 nitrogen and oxygen atoms in total. The second-order valence-corrected chi connectivity index (χ2v) is 4.19. The molecule has 15 heavy (non-hydrogen) atoms. The van der Waals surface area contributed by atoms with Gasteiger partial charge in [0.2, 0.25) is 0 Å². The first-order chi connectivity index (χ1) is 7.16. The molecule has 5 heteroatoms. The van der Waals surface area contributed by atoms with Crippen LogP contribution >= 0.6 is 15.9 Å². The summed E-state index contributed by atoms with van der Waals surface area (Å²) in [6.07, 6.45) is 3.54. The summed E-state index contributed by atoms with van der Waals surface area (Å²) in [5.74, 6) is 0.553. The Labute approximate surface area is 96.3 Å². The van der Waals surface area contributed by atoms with E-state index in [4.69, 9.17) is 5.73 Å². The van der Waals surface area contributed by atoms with Crippen LogP contribution in [0.2, 0.25) is 0 Å². The Kier molecular flexibility index (Phi) is 2.73. The normalized spacial score (nSPS) is 10.5. The number of nitrogens with zero attached hydrogens (tertiary/aromatic N) is 3. The van der Waals surface area contributed by atoms with Crippen molar-refractivity contribution in [3.63, 3.8) is 0 Å². The van der Waals surface area contributed by atoms with E-state index in [0.717, 1.165) is 15.7 Å². The minimum atomic E-state index is 0.553. The maximum atomic E-state index is 5.62. The molecule has 0 saturated carbocycles. The Balaban J connectivity index is 2.29. The van der Waals surface area contributed by atoms with Crippen LogP contribution in [0.4, 0.5) is 5.82 Å². The van der Waals surface area contributed by atoms with Gasteiger partial charge in [-0.1, -0.05) is 0 Å². The number of pyridine rings is 1. The second kappa shape index (κ2) is 4.02. The summed E-state index contributed by atoms with van der Waals surface area (Å²) in [5.41, 5.74) is 7.80. The summed E-state index contributed by atoms with van der Waals surface area (Å²) in [6.45, 7) is 2.69. The van der Waals surface area contributed by atoms with Crippen molar-refractivity contribution in [2.75, 3.05) is 5.73 Å². The van der Waals surface area contributed by atoms with Gasteiger partial charge in [-0.25, -0.2) is 0 Å². The van der Waals surface area contributed by atoms with Crippen LogP contribution in [0.5, 0.6) is 0 Å². The fourth-order valence-electron chi connectivity index (χ4n) is 1.39. The number of aromatic nitrogens is 3. The van der Waals surface area contributed by atoms with Gasteiger partial charge in [0.15, 0.2) is 0 Å². The van der Waals surface area contributed by atoms with Crippen molar-refractivity contribution in [3.05, 3.63) is 40.3 Å². The Hall–Kier alpha value is -1.36. The van der Waals surface area contributed by atoms with Crippen LogP contribution < -0.4 is 5.73 Å². The molecular weight excluding hydrogens is 256 g/mol. The van der Waals surface area contributed by atoms with E-state index >= 15 is 0 Å². The lowest BCUT2D eigenvalue weighted by atomic mass is 10.3. The van der Waals surface area contributed by atoms with E-state index in [1.54, 1.807) is 12.4 Å². The topological polar surface area (TPSA) is 56.7 Å². The van der Waals surface area contributed by atoms with Crippen molar-refractivity contribution in [1.82, 2.24) is 14.8 Å². The molecule has 0 atom stereocenters. The smallest absolute Gasteiger partial charge is 0.145 e. The summed E-state index contributed by atoms with van der Waals surface area (Å²) in [6, 6.07) is 3.82. The zero-order chi connectivity index (χ0) is 10.8. The fourth-order valence-corrected chi connectivity index (χ4v) is 1.77. The average Bonchev–Trinajstić information content (AvgIpc) is 2.49. The van der Waals surface area contributed by atoms with Gasteiger partial charge in [0.05, 0.1) is 6.54 Å². The monoisotopic (exact) mass is 266 g/mol. The Bertz CT molecular complexity index is 478. The van der Waals surface area contributed by atoms with Crippen molar-refractivity contribution in [2.24, 2.45) is 0 Å². The Morgan fingerprint density at radius 2 is 2.33 bits per heavy atom. The van der Waals surface area contributed by atoms with E-state index in [-0.39, 0.29) is 0 Å². The molecule has 0 aromatic carbocycles. The van der Waals surface area contributed by atoms with Crippen LogP contribution in [-0.2, 0) is 6.54 Å². The second-order valence-electron chi connectivity index (χ2n) is 3.34. The molecule has 2 aromatic rings.